The van der Waals surface area contributed by atoms with Crippen molar-refractivity contribution in [2.24, 2.45) is 0 Å². The standard InChI is InChI=1S/C13H18Se2/c1-10-9-11(2)15-13(3,14-10)12-7-5-4-6-8-12/h4-8,10-11H,9H2,1-3H3/t10-,11+,13?. The Kier molecular flexibility index (Phi) is 3.63. The average Bonchev–Trinajstić information content (AvgIpc) is 2.17. The normalized spacial score (nSPS) is 36.5. The van der Waals surface area contributed by atoms with E-state index in [0.29, 0.717) is 3.21 Å². The van der Waals surface area contributed by atoms with Crippen LogP contribution in [-0.2, 0) is 3.21 Å². The molecule has 1 aromatic carbocycles. The molecule has 0 aromatic heterocycles. The van der Waals surface area contributed by atoms with E-state index >= 15 is 0 Å². The van der Waals surface area contributed by atoms with E-state index in [0.717, 1.165) is 39.5 Å². The van der Waals surface area contributed by atoms with E-state index < -0.39 is 0 Å². The summed E-state index contributed by atoms with van der Waals surface area (Å²) in [5.74, 6) is 0. The Morgan fingerprint density at radius 2 is 1.60 bits per heavy atom. The van der Waals surface area contributed by atoms with Gasteiger partial charge in [0.15, 0.2) is 0 Å². The molecule has 0 amide bonds. The summed E-state index contributed by atoms with van der Waals surface area (Å²) < 4.78 is 0.540. The van der Waals surface area contributed by atoms with Crippen molar-refractivity contribution in [2.75, 3.05) is 0 Å². The fraction of sp³-hybridized carbons (Fsp3) is 0.538. The third kappa shape index (κ3) is 2.68. The first-order chi connectivity index (χ1) is 7.10. The molecular weight excluding hydrogens is 314 g/mol. The minimum atomic E-state index is 0.540. The van der Waals surface area contributed by atoms with Crippen molar-refractivity contribution < 1.29 is 0 Å². The summed E-state index contributed by atoms with van der Waals surface area (Å²) in [6.07, 6.45) is 1.46. The van der Waals surface area contributed by atoms with E-state index in [4.69, 9.17) is 0 Å². The average molecular weight is 332 g/mol. The van der Waals surface area contributed by atoms with Gasteiger partial charge >= 0.3 is 106 Å². The number of hydrogen-bond donors (Lipinski definition) is 0. The Labute approximate surface area is 106 Å². The van der Waals surface area contributed by atoms with Gasteiger partial charge in [0, 0.05) is 0 Å². The van der Waals surface area contributed by atoms with Gasteiger partial charge in [0.1, 0.15) is 0 Å². The molecule has 3 atom stereocenters. The van der Waals surface area contributed by atoms with Crippen LogP contribution in [0, 0.1) is 0 Å². The maximum absolute atomic E-state index is 2.49. The van der Waals surface area contributed by atoms with Crippen LogP contribution in [0.2, 0.25) is 9.63 Å². The van der Waals surface area contributed by atoms with E-state index in [1.165, 1.54) is 6.42 Å². The van der Waals surface area contributed by atoms with Crippen molar-refractivity contribution in [1.82, 2.24) is 0 Å². The molecule has 2 rings (SSSR count). The number of rotatable bonds is 1. The van der Waals surface area contributed by atoms with Crippen molar-refractivity contribution in [3.8, 4) is 0 Å². The third-order valence-corrected chi connectivity index (χ3v) is 10.3. The molecule has 1 aliphatic rings. The molecule has 0 nitrogen and oxygen atoms in total. The van der Waals surface area contributed by atoms with Crippen LogP contribution in [0.25, 0.3) is 0 Å². The zero-order valence-corrected chi connectivity index (χ0v) is 13.0. The summed E-state index contributed by atoms with van der Waals surface area (Å²) in [4.78, 5) is 1.90. The van der Waals surface area contributed by atoms with E-state index in [1.807, 2.05) is 0 Å². The van der Waals surface area contributed by atoms with Crippen molar-refractivity contribution in [3.63, 3.8) is 0 Å². The number of benzene rings is 1. The molecule has 1 heterocycles. The Balaban J connectivity index is 2.26. The molecule has 0 aliphatic carbocycles. The predicted octanol–water partition coefficient (Wildman–Crippen LogP) is 3.29. The fourth-order valence-electron chi connectivity index (χ4n) is 2.24. The summed E-state index contributed by atoms with van der Waals surface area (Å²) in [5.41, 5.74) is 1.59. The SMILES string of the molecule is C[C@@H]1C[C@H](C)[Se]C(C)(c2ccccc2)[Se]1. The van der Waals surface area contributed by atoms with Crippen molar-refractivity contribution in [2.45, 2.75) is 40.0 Å². The molecule has 0 N–H and O–H groups in total. The second-order valence-corrected chi connectivity index (χ2v) is 13.5. The van der Waals surface area contributed by atoms with Crippen LogP contribution in [0.5, 0.6) is 0 Å². The first kappa shape index (κ1) is 11.7. The van der Waals surface area contributed by atoms with Gasteiger partial charge in [-0.1, -0.05) is 0 Å². The molecule has 1 aromatic rings. The van der Waals surface area contributed by atoms with Crippen LogP contribution in [-0.4, -0.2) is 29.9 Å². The van der Waals surface area contributed by atoms with E-state index in [-0.39, 0.29) is 0 Å². The van der Waals surface area contributed by atoms with Gasteiger partial charge in [-0.15, -0.1) is 0 Å². The Morgan fingerprint density at radius 1 is 1.07 bits per heavy atom. The topological polar surface area (TPSA) is 0 Å². The van der Waals surface area contributed by atoms with Gasteiger partial charge in [0.2, 0.25) is 0 Å². The molecule has 2 heteroatoms. The Bertz CT molecular complexity index is 311. The molecule has 15 heavy (non-hydrogen) atoms. The fourth-order valence-corrected chi connectivity index (χ4v) is 13.1. The minimum absolute atomic E-state index is 0.540. The van der Waals surface area contributed by atoms with Gasteiger partial charge in [-0.2, -0.15) is 0 Å². The first-order valence-electron chi connectivity index (χ1n) is 5.51. The molecular formula is C13H18Se2. The Morgan fingerprint density at radius 3 is 2.13 bits per heavy atom. The zero-order valence-electron chi connectivity index (χ0n) is 9.57. The molecule has 1 saturated heterocycles. The van der Waals surface area contributed by atoms with Gasteiger partial charge in [-0.3, -0.25) is 0 Å². The summed E-state index contributed by atoms with van der Waals surface area (Å²) in [5, 5.41) is 0. The summed E-state index contributed by atoms with van der Waals surface area (Å²) in [6.45, 7) is 7.37. The van der Waals surface area contributed by atoms with Gasteiger partial charge in [-0.05, 0) is 0 Å². The van der Waals surface area contributed by atoms with Crippen molar-refractivity contribution >= 4 is 29.9 Å². The second kappa shape index (κ2) is 4.63. The second-order valence-electron chi connectivity index (χ2n) is 4.40. The van der Waals surface area contributed by atoms with Gasteiger partial charge in [0.05, 0.1) is 0 Å². The summed E-state index contributed by atoms with van der Waals surface area (Å²) >= 11 is 1.56. The van der Waals surface area contributed by atoms with Crippen LogP contribution in [0.1, 0.15) is 32.8 Å². The number of hydrogen-bond acceptors (Lipinski definition) is 0. The van der Waals surface area contributed by atoms with Crippen LogP contribution in [0.3, 0.4) is 0 Å². The molecule has 0 spiro atoms. The van der Waals surface area contributed by atoms with Gasteiger partial charge in [0.25, 0.3) is 0 Å². The molecule has 0 bridgehead atoms. The van der Waals surface area contributed by atoms with Crippen LogP contribution >= 0.6 is 0 Å². The van der Waals surface area contributed by atoms with Crippen molar-refractivity contribution in [1.29, 1.82) is 0 Å². The van der Waals surface area contributed by atoms with E-state index in [9.17, 15) is 0 Å². The quantitative estimate of drug-likeness (QED) is 0.693. The monoisotopic (exact) mass is 334 g/mol. The van der Waals surface area contributed by atoms with Gasteiger partial charge < -0.3 is 0 Å². The summed E-state index contributed by atoms with van der Waals surface area (Å²) in [6, 6.07) is 11.2. The molecule has 1 aliphatic heterocycles. The van der Waals surface area contributed by atoms with E-state index in [1.54, 1.807) is 5.56 Å². The maximum atomic E-state index is 2.49. The summed E-state index contributed by atoms with van der Waals surface area (Å²) in [7, 11) is 0. The predicted molar refractivity (Wildman–Crippen MR) is 68.8 cm³/mol. The first-order valence-corrected chi connectivity index (χ1v) is 9.20. The molecule has 0 saturated carbocycles. The Hall–Kier alpha value is 0.259. The van der Waals surface area contributed by atoms with Crippen LogP contribution in [0.15, 0.2) is 30.3 Å². The van der Waals surface area contributed by atoms with Crippen LogP contribution in [0.4, 0.5) is 0 Å². The zero-order chi connectivity index (χ0) is 10.9. The van der Waals surface area contributed by atoms with Gasteiger partial charge in [-0.25, -0.2) is 0 Å². The molecule has 1 fully saturated rings. The molecule has 82 valence electrons. The molecule has 0 radical (unpaired) electrons. The molecule has 1 unspecified atom stereocenters. The van der Waals surface area contributed by atoms with Crippen LogP contribution < -0.4 is 0 Å². The van der Waals surface area contributed by atoms with Crippen molar-refractivity contribution in [3.05, 3.63) is 35.9 Å². The van der Waals surface area contributed by atoms with E-state index in [2.05, 4.69) is 51.1 Å². The third-order valence-electron chi connectivity index (χ3n) is 2.81.